The van der Waals surface area contributed by atoms with Crippen LogP contribution in [0.25, 0.3) is 0 Å². The lowest BCUT2D eigenvalue weighted by molar-refractivity contribution is -0.136. The third-order valence-electron chi connectivity index (χ3n) is 6.83. The molecule has 2 aromatic carbocycles. The van der Waals surface area contributed by atoms with Crippen molar-refractivity contribution >= 4 is 34.8 Å². The monoisotopic (exact) mass is 494 g/mol. The summed E-state index contributed by atoms with van der Waals surface area (Å²) < 4.78 is 0. The highest BCUT2D eigenvalue weighted by Crippen LogP contribution is 2.31. The van der Waals surface area contributed by atoms with Gasteiger partial charge in [0, 0.05) is 57.0 Å². The molecule has 0 bridgehead atoms. The molecule has 0 spiro atoms. The Kier molecular flexibility index (Phi) is 7.91. The molecule has 2 heterocycles. The molecule has 2 amide bonds. The highest BCUT2D eigenvalue weighted by Gasteiger charge is 2.27. The molecule has 2 N–H and O–H groups in total. The van der Waals surface area contributed by atoms with Crippen molar-refractivity contribution in [2.45, 2.75) is 18.9 Å². The highest BCUT2D eigenvalue weighted by molar-refractivity contribution is 6.40. The van der Waals surface area contributed by atoms with Crippen LogP contribution in [0.3, 0.4) is 0 Å². The van der Waals surface area contributed by atoms with Gasteiger partial charge in [-0.2, -0.15) is 5.26 Å². The minimum atomic E-state index is -0.826. The number of hydrogen-bond acceptors (Lipinski definition) is 6. The van der Waals surface area contributed by atoms with Gasteiger partial charge in [0.05, 0.1) is 17.3 Å². The summed E-state index contributed by atoms with van der Waals surface area (Å²) in [6, 6.07) is 13.0. The van der Waals surface area contributed by atoms with Crippen LogP contribution in [0.1, 0.15) is 29.2 Å². The molecule has 1 fully saturated rings. The molecule has 1 atom stereocenters. The second-order valence-corrected chi connectivity index (χ2v) is 9.67. The van der Waals surface area contributed by atoms with Gasteiger partial charge in [0.15, 0.2) is 0 Å². The van der Waals surface area contributed by atoms with Crippen LogP contribution in [-0.4, -0.2) is 75.0 Å². The van der Waals surface area contributed by atoms with Crippen LogP contribution >= 0.6 is 11.6 Å². The summed E-state index contributed by atoms with van der Waals surface area (Å²) in [6.45, 7) is 5.03. The largest absolute Gasteiger partial charge is 0.374 e. The van der Waals surface area contributed by atoms with Crippen LogP contribution in [0.2, 0.25) is 5.02 Å². The fourth-order valence-electron chi connectivity index (χ4n) is 4.77. The fourth-order valence-corrected chi connectivity index (χ4v) is 4.94. The van der Waals surface area contributed by atoms with Gasteiger partial charge in [-0.15, -0.1) is 0 Å². The molecular formula is C26H31ClN6O2. The molecule has 184 valence electrons. The lowest BCUT2D eigenvalue weighted by Gasteiger charge is -2.39. The van der Waals surface area contributed by atoms with Gasteiger partial charge in [-0.1, -0.05) is 23.7 Å². The topological polar surface area (TPSA) is 91.7 Å². The number of nitrogens with zero attached hydrogens (tertiary/aromatic N) is 4. The number of aryl methyl sites for hydroxylation is 1. The highest BCUT2D eigenvalue weighted by atomic mass is 35.5. The molecule has 8 nitrogen and oxygen atoms in total. The van der Waals surface area contributed by atoms with E-state index >= 15 is 0 Å². The predicted octanol–water partition coefficient (Wildman–Crippen LogP) is 2.64. The van der Waals surface area contributed by atoms with Gasteiger partial charge in [-0.05, 0) is 55.3 Å². The van der Waals surface area contributed by atoms with Crippen molar-refractivity contribution in [3.63, 3.8) is 0 Å². The number of hydrogen-bond donors (Lipinski definition) is 2. The van der Waals surface area contributed by atoms with Gasteiger partial charge in [-0.25, -0.2) is 0 Å². The van der Waals surface area contributed by atoms with E-state index in [4.69, 9.17) is 11.6 Å². The van der Waals surface area contributed by atoms with Crippen LogP contribution < -0.4 is 15.5 Å². The maximum atomic E-state index is 12.7. The predicted molar refractivity (Wildman–Crippen MR) is 138 cm³/mol. The number of halogens is 1. The normalized spacial score (nSPS) is 17.3. The second-order valence-electron chi connectivity index (χ2n) is 9.23. The van der Waals surface area contributed by atoms with E-state index in [9.17, 15) is 14.9 Å². The van der Waals surface area contributed by atoms with Crippen molar-refractivity contribution in [3.8, 4) is 6.07 Å². The van der Waals surface area contributed by atoms with Crippen LogP contribution in [0.15, 0.2) is 36.4 Å². The number of nitrogens with one attached hydrogen (secondary N) is 2. The number of nitriles is 1. The van der Waals surface area contributed by atoms with Gasteiger partial charge >= 0.3 is 11.8 Å². The van der Waals surface area contributed by atoms with E-state index < -0.39 is 11.8 Å². The molecule has 9 heteroatoms. The van der Waals surface area contributed by atoms with Crippen LogP contribution in [0.4, 0.5) is 11.4 Å². The van der Waals surface area contributed by atoms with Crippen LogP contribution in [-0.2, 0) is 16.0 Å². The third-order valence-corrected chi connectivity index (χ3v) is 7.07. The SMILES string of the molecule is CN1CCN([C@H](CNC(=O)C(=O)Nc2cc(Cl)ccc2C#N)c2ccc3c(c2)CCCN3C)CC1. The first-order valence-electron chi connectivity index (χ1n) is 11.9. The standard InChI is InChI=1S/C26H31ClN6O2/c1-31-10-12-33(13-11-31)24(19-6-8-23-18(14-19)4-3-9-32(23)2)17-29-25(34)26(35)30-22-15-21(27)7-5-20(22)16-28/h5-8,14-15,24H,3-4,9-13,17H2,1-2H3,(H,29,34)(H,30,35)/t24-/m1/s1. The average Bonchev–Trinajstić information content (AvgIpc) is 2.85. The number of fused-ring (bicyclic) bond motifs is 1. The van der Waals surface area contributed by atoms with E-state index in [-0.39, 0.29) is 17.3 Å². The van der Waals surface area contributed by atoms with Gasteiger partial charge in [0.25, 0.3) is 0 Å². The number of piperazine rings is 1. The Morgan fingerprint density at radius 1 is 1.06 bits per heavy atom. The van der Waals surface area contributed by atoms with E-state index in [1.807, 2.05) is 6.07 Å². The number of carbonyl (C=O) groups excluding carboxylic acids is 2. The zero-order chi connectivity index (χ0) is 24.9. The number of amides is 2. The average molecular weight is 495 g/mol. The maximum Gasteiger partial charge on any atom is 0.313 e. The first kappa shape index (κ1) is 25.0. The molecule has 0 unspecified atom stereocenters. The van der Waals surface area contributed by atoms with E-state index in [1.54, 1.807) is 6.07 Å². The number of carbonyl (C=O) groups is 2. The van der Waals surface area contributed by atoms with Gasteiger partial charge in [0.1, 0.15) is 6.07 Å². The Bertz CT molecular complexity index is 1140. The molecule has 2 aliphatic heterocycles. The molecule has 35 heavy (non-hydrogen) atoms. The number of rotatable bonds is 5. The molecule has 1 saturated heterocycles. The summed E-state index contributed by atoms with van der Waals surface area (Å²) in [5, 5.41) is 15.0. The first-order chi connectivity index (χ1) is 16.9. The van der Waals surface area contributed by atoms with Crippen molar-refractivity contribution in [3.05, 3.63) is 58.1 Å². The number of likely N-dealkylation sites (N-methyl/N-ethyl adjacent to an activating group) is 1. The summed E-state index contributed by atoms with van der Waals surface area (Å²) >= 11 is 5.99. The summed E-state index contributed by atoms with van der Waals surface area (Å²) in [4.78, 5) is 32.2. The molecule has 2 aliphatic rings. The first-order valence-corrected chi connectivity index (χ1v) is 12.3. The van der Waals surface area contributed by atoms with E-state index in [0.717, 1.165) is 51.1 Å². The molecule has 0 aromatic heterocycles. The van der Waals surface area contributed by atoms with Crippen molar-refractivity contribution in [1.29, 1.82) is 5.26 Å². The lowest BCUT2D eigenvalue weighted by atomic mass is 9.95. The maximum absolute atomic E-state index is 12.7. The second kappa shape index (κ2) is 11.1. The van der Waals surface area contributed by atoms with Crippen molar-refractivity contribution in [1.82, 2.24) is 15.1 Å². The lowest BCUT2D eigenvalue weighted by Crippen LogP contribution is -2.49. The van der Waals surface area contributed by atoms with Gasteiger partial charge < -0.3 is 20.4 Å². The summed E-state index contributed by atoms with van der Waals surface area (Å²) in [7, 11) is 4.23. The molecular weight excluding hydrogens is 464 g/mol. The van der Waals surface area contributed by atoms with Crippen LogP contribution in [0, 0.1) is 11.3 Å². The van der Waals surface area contributed by atoms with Crippen LogP contribution in [0.5, 0.6) is 0 Å². The Morgan fingerprint density at radius 2 is 1.83 bits per heavy atom. The quantitative estimate of drug-likeness (QED) is 0.621. The van der Waals surface area contributed by atoms with E-state index in [1.165, 1.54) is 23.4 Å². The Balaban J connectivity index is 1.49. The smallest absolute Gasteiger partial charge is 0.313 e. The minimum absolute atomic E-state index is 0.0428. The van der Waals surface area contributed by atoms with Gasteiger partial charge in [0.2, 0.25) is 0 Å². The Hall–Kier alpha value is -3.12. The van der Waals surface area contributed by atoms with Crippen molar-refractivity contribution < 1.29 is 9.59 Å². The zero-order valence-electron chi connectivity index (χ0n) is 20.2. The van der Waals surface area contributed by atoms with Gasteiger partial charge in [-0.3, -0.25) is 14.5 Å². The van der Waals surface area contributed by atoms with E-state index in [2.05, 4.69) is 57.6 Å². The molecule has 0 radical (unpaired) electrons. The van der Waals surface area contributed by atoms with Crippen molar-refractivity contribution in [2.24, 2.45) is 0 Å². The molecule has 4 rings (SSSR count). The molecule has 0 aliphatic carbocycles. The van der Waals surface area contributed by atoms with Crippen molar-refractivity contribution in [2.75, 3.05) is 63.6 Å². The number of benzene rings is 2. The molecule has 0 saturated carbocycles. The Morgan fingerprint density at radius 3 is 2.57 bits per heavy atom. The zero-order valence-corrected chi connectivity index (χ0v) is 20.9. The summed E-state index contributed by atoms with van der Waals surface area (Å²) in [6.07, 6.45) is 2.16. The summed E-state index contributed by atoms with van der Waals surface area (Å²) in [5.74, 6) is -1.57. The third kappa shape index (κ3) is 5.93. The number of anilines is 2. The summed E-state index contributed by atoms with van der Waals surface area (Å²) in [5.41, 5.74) is 4.19. The minimum Gasteiger partial charge on any atom is -0.374 e. The Labute approximate surface area is 211 Å². The van der Waals surface area contributed by atoms with E-state index in [0.29, 0.717) is 11.6 Å². The molecule has 2 aromatic rings. The fraction of sp³-hybridized carbons (Fsp3) is 0.423.